The minimum atomic E-state index is -0.950. The number of aliphatic carboxylic acids is 1. The standard InChI is InChI=1S/C14H14BrNO5/c15-8-1-3-11-10(5-8)16(13(17)7-20-11)6-9-2-4-12(21-9)14(18)19/h1,3,5,9,12H,2,4,6-7H2,(H,18,19). The molecule has 2 aliphatic rings. The van der Waals surface area contributed by atoms with Crippen molar-refractivity contribution in [1.82, 2.24) is 0 Å². The lowest BCUT2D eigenvalue weighted by molar-refractivity contribution is -0.149. The molecule has 0 bridgehead atoms. The molecule has 0 aliphatic carbocycles. The smallest absolute Gasteiger partial charge is 0.332 e. The van der Waals surface area contributed by atoms with Crippen molar-refractivity contribution < 1.29 is 24.2 Å². The summed E-state index contributed by atoms with van der Waals surface area (Å²) in [5.41, 5.74) is 0.683. The number of nitrogens with zero attached hydrogens (tertiary/aromatic N) is 1. The van der Waals surface area contributed by atoms with E-state index >= 15 is 0 Å². The molecule has 1 aromatic carbocycles. The molecule has 112 valence electrons. The topological polar surface area (TPSA) is 76.1 Å². The van der Waals surface area contributed by atoms with Gasteiger partial charge in [-0.2, -0.15) is 0 Å². The molecule has 2 atom stereocenters. The van der Waals surface area contributed by atoms with Crippen molar-refractivity contribution in [2.75, 3.05) is 18.1 Å². The first-order valence-electron chi connectivity index (χ1n) is 6.65. The van der Waals surface area contributed by atoms with E-state index in [-0.39, 0.29) is 18.6 Å². The van der Waals surface area contributed by atoms with Crippen molar-refractivity contribution in [3.63, 3.8) is 0 Å². The van der Waals surface area contributed by atoms with Gasteiger partial charge in [-0.3, -0.25) is 4.79 Å². The fourth-order valence-electron chi connectivity index (χ4n) is 2.60. The number of hydrogen-bond acceptors (Lipinski definition) is 4. The third kappa shape index (κ3) is 2.89. The van der Waals surface area contributed by atoms with Crippen LogP contribution in [-0.4, -0.2) is 42.3 Å². The van der Waals surface area contributed by atoms with Crippen molar-refractivity contribution in [3.05, 3.63) is 22.7 Å². The van der Waals surface area contributed by atoms with Crippen LogP contribution >= 0.6 is 15.9 Å². The molecule has 2 aliphatic heterocycles. The van der Waals surface area contributed by atoms with E-state index in [0.717, 1.165) is 4.47 Å². The van der Waals surface area contributed by atoms with Crippen LogP contribution in [0.3, 0.4) is 0 Å². The third-order valence-electron chi connectivity index (χ3n) is 3.63. The Balaban J connectivity index is 1.78. The van der Waals surface area contributed by atoms with Crippen LogP contribution in [0.1, 0.15) is 12.8 Å². The zero-order valence-corrected chi connectivity index (χ0v) is 12.7. The van der Waals surface area contributed by atoms with Gasteiger partial charge in [-0.25, -0.2) is 4.79 Å². The second-order valence-corrected chi connectivity index (χ2v) is 5.98. The molecule has 0 spiro atoms. The maximum Gasteiger partial charge on any atom is 0.332 e. The number of hydrogen-bond donors (Lipinski definition) is 1. The minimum absolute atomic E-state index is 0.0102. The number of rotatable bonds is 3. The van der Waals surface area contributed by atoms with Crippen LogP contribution in [0.15, 0.2) is 22.7 Å². The van der Waals surface area contributed by atoms with Crippen molar-refractivity contribution in [2.45, 2.75) is 25.0 Å². The predicted molar refractivity (Wildman–Crippen MR) is 77.5 cm³/mol. The van der Waals surface area contributed by atoms with Gasteiger partial charge < -0.3 is 19.5 Å². The minimum Gasteiger partial charge on any atom is -0.482 e. The van der Waals surface area contributed by atoms with Crippen LogP contribution in [0.5, 0.6) is 5.75 Å². The summed E-state index contributed by atoms with van der Waals surface area (Å²) in [5, 5.41) is 8.95. The van der Waals surface area contributed by atoms with Gasteiger partial charge in [0, 0.05) is 4.47 Å². The number of halogens is 1. The monoisotopic (exact) mass is 355 g/mol. The van der Waals surface area contributed by atoms with E-state index in [4.69, 9.17) is 14.6 Å². The Morgan fingerprint density at radius 3 is 2.95 bits per heavy atom. The van der Waals surface area contributed by atoms with Crippen LogP contribution < -0.4 is 9.64 Å². The Labute approximate surface area is 129 Å². The third-order valence-corrected chi connectivity index (χ3v) is 4.13. The molecular weight excluding hydrogens is 342 g/mol. The zero-order valence-electron chi connectivity index (χ0n) is 11.1. The number of carbonyl (C=O) groups is 2. The summed E-state index contributed by atoms with van der Waals surface area (Å²) in [6.07, 6.45) is 0.0718. The molecule has 1 saturated heterocycles. The van der Waals surface area contributed by atoms with E-state index < -0.39 is 12.1 Å². The zero-order chi connectivity index (χ0) is 15.0. The Morgan fingerprint density at radius 1 is 1.43 bits per heavy atom. The lowest BCUT2D eigenvalue weighted by atomic mass is 10.1. The maximum atomic E-state index is 12.1. The average molecular weight is 356 g/mol. The molecule has 2 heterocycles. The second kappa shape index (κ2) is 5.65. The summed E-state index contributed by atoms with van der Waals surface area (Å²) in [6.45, 7) is 0.332. The fraction of sp³-hybridized carbons (Fsp3) is 0.429. The maximum absolute atomic E-state index is 12.1. The molecule has 0 aromatic heterocycles. The van der Waals surface area contributed by atoms with Gasteiger partial charge in [-0.1, -0.05) is 15.9 Å². The van der Waals surface area contributed by atoms with Crippen molar-refractivity contribution >= 4 is 33.5 Å². The molecule has 3 rings (SSSR count). The second-order valence-electron chi connectivity index (χ2n) is 5.07. The molecule has 0 radical (unpaired) electrons. The predicted octanol–water partition coefficient (Wildman–Crippen LogP) is 1.81. The molecule has 1 N–H and O–H groups in total. The first kappa shape index (κ1) is 14.3. The Hall–Kier alpha value is -1.60. The molecular formula is C14H14BrNO5. The highest BCUT2D eigenvalue weighted by molar-refractivity contribution is 9.10. The molecule has 1 aromatic rings. The number of amides is 1. The summed E-state index contributed by atoms with van der Waals surface area (Å²) < 4.78 is 11.7. The van der Waals surface area contributed by atoms with Gasteiger partial charge in [-0.15, -0.1) is 0 Å². The highest BCUT2D eigenvalue weighted by Gasteiger charge is 2.34. The molecule has 0 saturated carbocycles. The molecule has 2 unspecified atom stereocenters. The SMILES string of the molecule is O=C(O)C1CCC(CN2C(=O)COc3ccc(Br)cc32)O1. The highest BCUT2D eigenvalue weighted by atomic mass is 79.9. The molecule has 6 nitrogen and oxygen atoms in total. The summed E-state index contributed by atoms with van der Waals surface area (Å²) in [5.74, 6) is -0.456. The summed E-state index contributed by atoms with van der Waals surface area (Å²) >= 11 is 3.38. The van der Waals surface area contributed by atoms with Crippen molar-refractivity contribution in [3.8, 4) is 5.75 Å². The summed E-state index contributed by atoms with van der Waals surface area (Å²) in [7, 11) is 0. The molecule has 1 amide bonds. The molecule has 21 heavy (non-hydrogen) atoms. The van der Waals surface area contributed by atoms with Gasteiger partial charge in [0.25, 0.3) is 5.91 Å². The van der Waals surface area contributed by atoms with E-state index in [1.807, 2.05) is 12.1 Å². The van der Waals surface area contributed by atoms with E-state index in [1.165, 1.54) is 0 Å². The lowest BCUT2D eigenvalue weighted by Crippen LogP contribution is -2.43. The number of benzene rings is 1. The summed E-state index contributed by atoms with van der Waals surface area (Å²) in [4.78, 5) is 24.6. The quantitative estimate of drug-likeness (QED) is 0.894. The van der Waals surface area contributed by atoms with Crippen LogP contribution in [0.4, 0.5) is 5.69 Å². The summed E-state index contributed by atoms with van der Waals surface area (Å²) in [6, 6.07) is 5.46. The van der Waals surface area contributed by atoms with Crippen molar-refractivity contribution in [1.29, 1.82) is 0 Å². The number of ether oxygens (including phenoxy) is 2. The van der Waals surface area contributed by atoms with E-state index in [0.29, 0.717) is 30.8 Å². The van der Waals surface area contributed by atoms with E-state index in [1.54, 1.807) is 11.0 Å². The number of carboxylic acids is 1. The highest BCUT2D eigenvalue weighted by Crippen LogP contribution is 2.35. The average Bonchev–Trinajstić information content (AvgIpc) is 2.91. The first-order chi connectivity index (χ1) is 10.0. The van der Waals surface area contributed by atoms with Crippen LogP contribution in [0.2, 0.25) is 0 Å². The lowest BCUT2D eigenvalue weighted by Gasteiger charge is -2.31. The molecule has 7 heteroatoms. The number of fused-ring (bicyclic) bond motifs is 1. The largest absolute Gasteiger partial charge is 0.482 e. The van der Waals surface area contributed by atoms with Gasteiger partial charge in [0.2, 0.25) is 0 Å². The number of anilines is 1. The molecule has 1 fully saturated rings. The number of carbonyl (C=O) groups excluding carboxylic acids is 1. The van der Waals surface area contributed by atoms with Crippen LogP contribution in [0, 0.1) is 0 Å². The van der Waals surface area contributed by atoms with Gasteiger partial charge in [0.1, 0.15) is 5.75 Å². The van der Waals surface area contributed by atoms with Gasteiger partial charge in [0.15, 0.2) is 12.7 Å². The van der Waals surface area contributed by atoms with Gasteiger partial charge in [0.05, 0.1) is 18.3 Å². The van der Waals surface area contributed by atoms with Gasteiger partial charge in [-0.05, 0) is 31.0 Å². The van der Waals surface area contributed by atoms with Crippen molar-refractivity contribution in [2.24, 2.45) is 0 Å². The van der Waals surface area contributed by atoms with Gasteiger partial charge >= 0.3 is 5.97 Å². The Morgan fingerprint density at radius 2 is 2.24 bits per heavy atom. The Bertz CT molecular complexity index is 591. The normalized spacial score (nSPS) is 24.6. The van der Waals surface area contributed by atoms with Crippen LogP contribution in [0.25, 0.3) is 0 Å². The number of carboxylic acid groups (broad SMARTS) is 1. The van der Waals surface area contributed by atoms with Crippen LogP contribution in [-0.2, 0) is 14.3 Å². The van der Waals surface area contributed by atoms with E-state index in [9.17, 15) is 9.59 Å². The Kier molecular flexibility index (Phi) is 3.86. The van der Waals surface area contributed by atoms with E-state index in [2.05, 4.69) is 15.9 Å². The fourth-order valence-corrected chi connectivity index (χ4v) is 2.95. The first-order valence-corrected chi connectivity index (χ1v) is 7.45.